The number of pyridine rings is 1. The van der Waals surface area contributed by atoms with Crippen molar-refractivity contribution in [3.8, 4) is 11.4 Å². The Bertz CT molecular complexity index is 964. The van der Waals surface area contributed by atoms with Crippen LogP contribution in [0, 0.1) is 6.92 Å². The van der Waals surface area contributed by atoms with Crippen LogP contribution in [0.25, 0.3) is 11.4 Å². The molecule has 4 heteroatoms. The van der Waals surface area contributed by atoms with E-state index in [-0.39, 0.29) is 5.41 Å². The van der Waals surface area contributed by atoms with Crippen LogP contribution in [0.15, 0.2) is 54.9 Å². The fourth-order valence-corrected chi connectivity index (χ4v) is 4.85. The van der Waals surface area contributed by atoms with Gasteiger partial charge in [-0.2, -0.15) is 0 Å². The molecule has 142 valence electrons. The minimum absolute atomic E-state index is 0.171. The molecule has 3 heterocycles. The van der Waals surface area contributed by atoms with Gasteiger partial charge in [-0.15, -0.1) is 0 Å². The molecule has 0 bridgehead atoms. The Morgan fingerprint density at radius 3 is 2.71 bits per heavy atom. The van der Waals surface area contributed by atoms with Gasteiger partial charge >= 0.3 is 0 Å². The van der Waals surface area contributed by atoms with Gasteiger partial charge in [-0.05, 0) is 56.3 Å². The molecule has 2 aromatic heterocycles. The lowest BCUT2D eigenvalue weighted by atomic mass is 9.77. The summed E-state index contributed by atoms with van der Waals surface area (Å²) < 4.78 is 0. The minimum Gasteiger partial charge on any atom is -0.297 e. The van der Waals surface area contributed by atoms with E-state index < -0.39 is 0 Å². The standard InChI is InChI=1S/C24H26N4/c1-18-8-9-21(25-14-18)16-28-13-5-11-24(17-28)12-10-20-15-26-23(27-22(20)24)19-6-3-2-4-7-19/h2-4,6-9,14-15H,5,10-13,16-17H2,1H3. The first-order chi connectivity index (χ1) is 13.7. The van der Waals surface area contributed by atoms with Gasteiger partial charge in [0.25, 0.3) is 0 Å². The maximum absolute atomic E-state index is 5.10. The smallest absolute Gasteiger partial charge is 0.159 e. The van der Waals surface area contributed by atoms with Gasteiger partial charge in [-0.1, -0.05) is 36.4 Å². The monoisotopic (exact) mass is 370 g/mol. The SMILES string of the molecule is Cc1ccc(CN2CCCC3(CCc4cnc(-c5ccccc5)nc43)C2)nc1. The summed E-state index contributed by atoms with van der Waals surface area (Å²) in [6.07, 6.45) is 8.77. The van der Waals surface area contributed by atoms with Crippen molar-refractivity contribution in [1.29, 1.82) is 0 Å². The van der Waals surface area contributed by atoms with Crippen LogP contribution in [0.5, 0.6) is 0 Å². The first-order valence-electron chi connectivity index (χ1n) is 10.3. The highest BCUT2D eigenvalue weighted by Gasteiger charge is 2.43. The summed E-state index contributed by atoms with van der Waals surface area (Å²) in [5, 5.41) is 0. The first-order valence-corrected chi connectivity index (χ1v) is 10.3. The average Bonchev–Trinajstić information content (AvgIpc) is 3.08. The van der Waals surface area contributed by atoms with Gasteiger partial charge in [0.2, 0.25) is 0 Å². The molecule has 1 spiro atoms. The molecule has 28 heavy (non-hydrogen) atoms. The largest absolute Gasteiger partial charge is 0.297 e. The van der Waals surface area contributed by atoms with Gasteiger partial charge in [-0.25, -0.2) is 9.97 Å². The zero-order valence-electron chi connectivity index (χ0n) is 16.4. The second-order valence-corrected chi connectivity index (χ2v) is 8.35. The second kappa shape index (κ2) is 7.10. The molecule has 5 rings (SSSR count). The molecule has 3 aromatic rings. The minimum atomic E-state index is 0.171. The van der Waals surface area contributed by atoms with Crippen LogP contribution >= 0.6 is 0 Å². The third-order valence-electron chi connectivity index (χ3n) is 6.29. The summed E-state index contributed by atoms with van der Waals surface area (Å²) in [6, 6.07) is 14.7. The third-order valence-corrected chi connectivity index (χ3v) is 6.29. The van der Waals surface area contributed by atoms with Gasteiger partial charge in [0.15, 0.2) is 5.82 Å². The maximum atomic E-state index is 5.10. The van der Waals surface area contributed by atoms with Crippen molar-refractivity contribution in [2.45, 2.75) is 44.6 Å². The molecule has 0 N–H and O–H groups in total. The predicted molar refractivity (Wildman–Crippen MR) is 111 cm³/mol. The van der Waals surface area contributed by atoms with E-state index in [4.69, 9.17) is 4.98 Å². The van der Waals surface area contributed by atoms with E-state index in [1.807, 2.05) is 12.3 Å². The number of rotatable bonds is 3. The number of piperidine rings is 1. The molecule has 1 fully saturated rings. The van der Waals surface area contributed by atoms with Crippen LogP contribution in [0.1, 0.15) is 41.8 Å². The highest BCUT2D eigenvalue weighted by Crippen LogP contribution is 2.44. The fourth-order valence-electron chi connectivity index (χ4n) is 4.85. The predicted octanol–water partition coefficient (Wildman–Crippen LogP) is 4.33. The van der Waals surface area contributed by atoms with Crippen molar-refractivity contribution < 1.29 is 0 Å². The average molecular weight is 371 g/mol. The van der Waals surface area contributed by atoms with E-state index in [1.54, 1.807) is 0 Å². The molecule has 1 aliphatic carbocycles. The number of benzene rings is 1. The summed E-state index contributed by atoms with van der Waals surface area (Å²) in [4.78, 5) is 16.9. The first kappa shape index (κ1) is 17.5. The van der Waals surface area contributed by atoms with E-state index in [2.05, 4.69) is 64.4 Å². The van der Waals surface area contributed by atoms with Gasteiger partial charge < -0.3 is 0 Å². The van der Waals surface area contributed by atoms with Crippen LogP contribution < -0.4 is 0 Å². The molecule has 1 unspecified atom stereocenters. The summed E-state index contributed by atoms with van der Waals surface area (Å²) in [7, 11) is 0. The number of hydrogen-bond acceptors (Lipinski definition) is 4. The second-order valence-electron chi connectivity index (χ2n) is 8.35. The highest BCUT2D eigenvalue weighted by molar-refractivity contribution is 5.55. The van der Waals surface area contributed by atoms with Crippen LogP contribution in [0.3, 0.4) is 0 Å². The molecule has 4 nitrogen and oxygen atoms in total. The molecular weight excluding hydrogens is 344 g/mol. The van der Waals surface area contributed by atoms with Crippen molar-refractivity contribution in [3.05, 3.63) is 77.4 Å². The lowest BCUT2D eigenvalue weighted by Gasteiger charge is -2.40. The van der Waals surface area contributed by atoms with E-state index >= 15 is 0 Å². The molecule has 1 saturated heterocycles. The maximum Gasteiger partial charge on any atom is 0.159 e. The topological polar surface area (TPSA) is 41.9 Å². The molecule has 0 amide bonds. The van der Waals surface area contributed by atoms with Gasteiger partial charge in [0.1, 0.15) is 0 Å². The lowest BCUT2D eigenvalue weighted by molar-refractivity contribution is 0.135. The van der Waals surface area contributed by atoms with E-state index in [9.17, 15) is 0 Å². The molecular formula is C24H26N4. The number of likely N-dealkylation sites (tertiary alicyclic amines) is 1. The Morgan fingerprint density at radius 2 is 1.89 bits per heavy atom. The quantitative estimate of drug-likeness (QED) is 0.688. The molecule has 1 aromatic carbocycles. The molecule has 1 aliphatic heterocycles. The Kier molecular flexibility index (Phi) is 4.44. The zero-order valence-corrected chi connectivity index (χ0v) is 16.4. The Balaban J connectivity index is 1.42. The molecule has 0 radical (unpaired) electrons. The zero-order chi connectivity index (χ0) is 19.0. The van der Waals surface area contributed by atoms with E-state index in [1.165, 1.54) is 36.1 Å². The molecule has 1 atom stereocenters. The third kappa shape index (κ3) is 3.22. The van der Waals surface area contributed by atoms with Crippen molar-refractivity contribution in [2.24, 2.45) is 0 Å². The molecule has 0 saturated carbocycles. The summed E-state index contributed by atoms with van der Waals surface area (Å²) in [6.45, 7) is 5.23. The number of aromatic nitrogens is 3. The summed E-state index contributed by atoms with van der Waals surface area (Å²) in [5.74, 6) is 0.859. The van der Waals surface area contributed by atoms with E-state index in [0.29, 0.717) is 0 Å². The fraction of sp³-hybridized carbons (Fsp3) is 0.375. The van der Waals surface area contributed by atoms with Gasteiger partial charge in [0.05, 0.1) is 11.4 Å². The highest BCUT2D eigenvalue weighted by atomic mass is 15.2. The van der Waals surface area contributed by atoms with Crippen LogP contribution in [0.4, 0.5) is 0 Å². The number of aryl methyl sites for hydroxylation is 2. The summed E-state index contributed by atoms with van der Waals surface area (Å²) >= 11 is 0. The van der Waals surface area contributed by atoms with Crippen molar-refractivity contribution in [2.75, 3.05) is 13.1 Å². The number of fused-ring (bicyclic) bond motifs is 2. The van der Waals surface area contributed by atoms with Crippen molar-refractivity contribution in [1.82, 2.24) is 19.9 Å². The Hall–Kier alpha value is -2.59. The molecule has 2 aliphatic rings. The Labute approximate surface area is 166 Å². The van der Waals surface area contributed by atoms with Gasteiger partial charge in [-0.3, -0.25) is 9.88 Å². The van der Waals surface area contributed by atoms with Crippen molar-refractivity contribution >= 4 is 0 Å². The van der Waals surface area contributed by atoms with Crippen LogP contribution in [0.2, 0.25) is 0 Å². The lowest BCUT2D eigenvalue weighted by Crippen LogP contribution is -2.45. The normalized spacial score (nSPS) is 21.8. The Morgan fingerprint density at radius 1 is 1.00 bits per heavy atom. The van der Waals surface area contributed by atoms with E-state index in [0.717, 1.165) is 43.1 Å². The number of nitrogens with zero attached hydrogens (tertiary/aromatic N) is 4. The summed E-state index contributed by atoms with van der Waals surface area (Å²) in [5.41, 5.74) is 6.29. The van der Waals surface area contributed by atoms with Crippen LogP contribution in [-0.2, 0) is 18.4 Å². The van der Waals surface area contributed by atoms with Gasteiger partial charge in [0, 0.05) is 36.5 Å². The van der Waals surface area contributed by atoms with Crippen LogP contribution in [-0.4, -0.2) is 32.9 Å². The van der Waals surface area contributed by atoms with Crippen molar-refractivity contribution in [3.63, 3.8) is 0 Å². The number of hydrogen-bond donors (Lipinski definition) is 0.